The Morgan fingerprint density at radius 1 is 1.06 bits per heavy atom. The molecule has 0 radical (unpaired) electrons. The molecule has 5 rings (SSSR count). The Hall–Kier alpha value is -4.08. The van der Waals surface area contributed by atoms with Crippen LogP contribution in [0.3, 0.4) is 0 Å². The van der Waals surface area contributed by atoms with Crippen molar-refractivity contribution in [1.29, 1.82) is 0 Å². The molecule has 10 heteroatoms. The van der Waals surface area contributed by atoms with Crippen LogP contribution < -0.4 is 9.64 Å². The topological polar surface area (TPSA) is 113 Å². The molecule has 32 heavy (non-hydrogen) atoms. The quantitative estimate of drug-likeness (QED) is 0.550. The highest BCUT2D eigenvalue weighted by Crippen LogP contribution is 2.33. The lowest BCUT2D eigenvalue weighted by Gasteiger charge is -2.19. The summed E-state index contributed by atoms with van der Waals surface area (Å²) < 4.78 is 10.8. The zero-order valence-corrected chi connectivity index (χ0v) is 17.5. The van der Waals surface area contributed by atoms with Gasteiger partial charge < -0.3 is 9.26 Å². The molecule has 1 saturated heterocycles. The molecule has 0 unspecified atom stereocenters. The van der Waals surface area contributed by atoms with Gasteiger partial charge in [-0.15, -0.1) is 0 Å². The number of fused-ring (bicyclic) bond motifs is 1. The molecule has 2 atom stereocenters. The summed E-state index contributed by atoms with van der Waals surface area (Å²) in [4.78, 5) is 31.6. The van der Waals surface area contributed by atoms with Crippen molar-refractivity contribution in [3.8, 4) is 17.1 Å². The Balaban J connectivity index is 1.34. The van der Waals surface area contributed by atoms with Crippen LogP contribution >= 0.6 is 0 Å². The lowest BCUT2D eigenvalue weighted by molar-refractivity contribution is -0.123. The van der Waals surface area contributed by atoms with E-state index in [2.05, 4.69) is 20.5 Å². The summed E-state index contributed by atoms with van der Waals surface area (Å²) in [6.07, 6.45) is 0. The molecule has 3 heterocycles. The maximum absolute atomic E-state index is 13.1. The molecule has 10 nitrogen and oxygen atoms in total. The van der Waals surface area contributed by atoms with Crippen LogP contribution in [0.1, 0.15) is 18.4 Å². The van der Waals surface area contributed by atoms with Crippen LogP contribution in [0, 0.1) is 6.92 Å². The number of anilines is 1. The molecular formula is C22H20N6O4. The van der Waals surface area contributed by atoms with Gasteiger partial charge in [-0.05, 0) is 43.7 Å². The van der Waals surface area contributed by atoms with Crippen LogP contribution in [0.15, 0.2) is 63.4 Å². The molecule has 0 aliphatic carbocycles. The van der Waals surface area contributed by atoms with E-state index in [1.807, 2.05) is 38.1 Å². The molecule has 0 N–H and O–H groups in total. The van der Waals surface area contributed by atoms with E-state index in [1.54, 1.807) is 24.3 Å². The largest absolute Gasteiger partial charge is 0.494 e. The standard InChI is InChI=1S/C22H20N6O4/c1-3-31-15-10-8-14(9-11-15)28-21(29)18-19(22(28)30)27(26-24-18)12-17-23-20(25-32-17)16-7-5-4-6-13(16)2/h4-11,18-19H,3,12H2,1-2H3/t18-,19-/m1/s1. The second-order valence-electron chi connectivity index (χ2n) is 7.46. The average molecular weight is 432 g/mol. The summed E-state index contributed by atoms with van der Waals surface area (Å²) in [5.74, 6) is 0.588. The van der Waals surface area contributed by atoms with Gasteiger partial charge in [0.15, 0.2) is 12.1 Å². The number of hydrogen-bond donors (Lipinski definition) is 0. The Kier molecular flexibility index (Phi) is 4.89. The molecule has 2 aliphatic heterocycles. The maximum Gasteiger partial charge on any atom is 0.263 e. The number of amides is 2. The third kappa shape index (κ3) is 3.29. The van der Waals surface area contributed by atoms with Crippen molar-refractivity contribution in [3.05, 3.63) is 60.0 Å². The van der Waals surface area contributed by atoms with Crippen LogP contribution in [-0.2, 0) is 16.1 Å². The zero-order chi connectivity index (χ0) is 22.2. The van der Waals surface area contributed by atoms with Gasteiger partial charge in [0.25, 0.3) is 11.8 Å². The fourth-order valence-corrected chi connectivity index (χ4v) is 3.86. The molecule has 162 valence electrons. The smallest absolute Gasteiger partial charge is 0.263 e. The van der Waals surface area contributed by atoms with E-state index in [9.17, 15) is 9.59 Å². The predicted octanol–water partition coefficient (Wildman–Crippen LogP) is 2.94. The van der Waals surface area contributed by atoms with E-state index in [-0.39, 0.29) is 12.4 Å². The summed E-state index contributed by atoms with van der Waals surface area (Å²) in [6, 6.07) is 12.8. The zero-order valence-electron chi connectivity index (χ0n) is 17.5. The van der Waals surface area contributed by atoms with Gasteiger partial charge in [0.2, 0.25) is 11.7 Å². The fourth-order valence-electron chi connectivity index (χ4n) is 3.86. The van der Waals surface area contributed by atoms with Gasteiger partial charge in [-0.3, -0.25) is 14.6 Å². The number of nitrogens with zero attached hydrogens (tertiary/aromatic N) is 6. The van der Waals surface area contributed by atoms with Gasteiger partial charge in [0, 0.05) is 5.56 Å². The minimum atomic E-state index is -0.896. The van der Waals surface area contributed by atoms with Crippen LogP contribution in [0.4, 0.5) is 5.69 Å². The molecule has 2 amide bonds. The highest BCUT2D eigenvalue weighted by atomic mass is 16.5. The third-order valence-corrected chi connectivity index (χ3v) is 5.42. The maximum atomic E-state index is 13.1. The van der Waals surface area contributed by atoms with E-state index in [4.69, 9.17) is 9.26 Å². The minimum Gasteiger partial charge on any atom is -0.494 e. The van der Waals surface area contributed by atoms with E-state index in [0.717, 1.165) is 16.0 Å². The Bertz CT molecular complexity index is 1210. The monoisotopic (exact) mass is 432 g/mol. The number of ether oxygens (including phenoxy) is 1. The van der Waals surface area contributed by atoms with Gasteiger partial charge in [0.1, 0.15) is 12.3 Å². The molecule has 2 aromatic carbocycles. The second kappa shape index (κ2) is 7.88. The molecule has 1 fully saturated rings. The number of imide groups is 1. The second-order valence-corrected chi connectivity index (χ2v) is 7.46. The Labute approximate surface area is 183 Å². The predicted molar refractivity (Wildman–Crippen MR) is 113 cm³/mol. The number of rotatable bonds is 6. The SMILES string of the molecule is CCOc1ccc(N2C(=O)[C@@H]3N=NN(Cc4nc(-c5ccccc5C)no4)[C@H]3C2=O)cc1. The first kappa shape index (κ1) is 19.9. The third-order valence-electron chi connectivity index (χ3n) is 5.42. The van der Waals surface area contributed by atoms with Crippen molar-refractivity contribution < 1.29 is 18.8 Å². The summed E-state index contributed by atoms with van der Waals surface area (Å²) >= 11 is 0. The van der Waals surface area contributed by atoms with Gasteiger partial charge in [-0.1, -0.05) is 34.6 Å². The molecular weight excluding hydrogens is 412 g/mol. The summed E-state index contributed by atoms with van der Waals surface area (Å²) in [6.45, 7) is 4.44. The highest BCUT2D eigenvalue weighted by molar-refractivity contribution is 6.25. The molecule has 0 spiro atoms. The van der Waals surface area contributed by atoms with Crippen LogP contribution in [-0.4, -0.2) is 45.7 Å². The van der Waals surface area contributed by atoms with E-state index in [1.165, 1.54) is 5.01 Å². The number of carbonyl (C=O) groups is 2. The van der Waals surface area contributed by atoms with Crippen LogP contribution in [0.2, 0.25) is 0 Å². The van der Waals surface area contributed by atoms with Gasteiger partial charge in [-0.25, -0.2) is 4.90 Å². The molecule has 2 aliphatic rings. The van der Waals surface area contributed by atoms with Gasteiger partial charge in [-0.2, -0.15) is 10.1 Å². The fraction of sp³-hybridized carbons (Fsp3) is 0.273. The van der Waals surface area contributed by atoms with Gasteiger partial charge in [0.05, 0.1) is 12.3 Å². The first-order chi connectivity index (χ1) is 15.6. The van der Waals surface area contributed by atoms with Crippen molar-refractivity contribution >= 4 is 17.5 Å². The number of carbonyl (C=O) groups excluding carboxylic acids is 2. The van der Waals surface area contributed by atoms with E-state index >= 15 is 0 Å². The van der Waals surface area contributed by atoms with Crippen molar-refractivity contribution in [2.24, 2.45) is 10.3 Å². The average Bonchev–Trinajstić information content (AvgIpc) is 3.48. The summed E-state index contributed by atoms with van der Waals surface area (Å²) in [5.41, 5.74) is 2.34. The van der Waals surface area contributed by atoms with Crippen molar-refractivity contribution in [1.82, 2.24) is 15.1 Å². The first-order valence-corrected chi connectivity index (χ1v) is 10.2. The number of aryl methyl sites for hydroxylation is 1. The molecule has 0 bridgehead atoms. The van der Waals surface area contributed by atoms with E-state index < -0.39 is 23.9 Å². The molecule has 1 aromatic heterocycles. The van der Waals surface area contributed by atoms with Crippen molar-refractivity contribution in [2.75, 3.05) is 11.5 Å². The van der Waals surface area contributed by atoms with Gasteiger partial charge >= 0.3 is 0 Å². The summed E-state index contributed by atoms with van der Waals surface area (Å²) in [5, 5.41) is 13.5. The lowest BCUT2D eigenvalue weighted by atomic mass is 10.1. The first-order valence-electron chi connectivity index (χ1n) is 10.2. The van der Waals surface area contributed by atoms with E-state index in [0.29, 0.717) is 23.9 Å². The van der Waals surface area contributed by atoms with Crippen molar-refractivity contribution in [3.63, 3.8) is 0 Å². The van der Waals surface area contributed by atoms with Crippen LogP contribution in [0.25, 0.3) is 11.4 Å². The minimum absolute atomic E-state index is 0.0691. The highest BCUT2D eigenvalue weighted by Gasteiger charge is 2.55. The van der Waals surface area contributed by atoms with Crippen molar-refractivity contribution in [2.45, 2.75) is 32.5 Å². The van der Waals surface area contributed by atoms with Crippen LogP contribution in [0.5, 0.6) is 5.75 Å². The Morgan fingerprint density at radius 3 is 2.59 bits per heavy atom. The normalized spacial score (nSPS) is 19.7. The number of benzene rings is 2. The summed E-state index contributed by atoms with van der Waals surface area (Å²) in [7, 11) is 0. The lowest BCUT2D eigenvalue weighted by Crippen LogP contribution is -2.39. The number of aromatic nitrogens is 2. The molecule has 0 saturated carbocycles. The Morgan fingerprint density at radius 2 is 1.84 bits per heavy atom. The molecule has 3 aromatic rings. The number of hydrogen-bond acceptors (Lipinski definition) is 9.